The van der Waals surface area contributed by atoms with E-state index in [-0.39, 0.29) is 11.5 Å². The van der Waals surface area contributed by atoms with E-state index in [1.54, 1.807) is 0 Å². The van der Waals surface area contributed by atoms with E-state index in [2.05, 4.69) is 45.0 Å². The second-order valence-corrected chi connectivity index (χ2v) is 9.05. The van der Waals surface area contributed by atoms with E-state index in [9.17, 15) is 4.21 Å². The van der Waals surface area contributed by atoms with Crippen LogP contribution in [-0.2, 0) is 16.2 Å². The summed E-state index contributed by atoms with van der Waals surface area (Å²) in [6, 6.07) is 8.39. The molecule has 21 heavy (non-hydrogen) atoms. The van der Waals surface area contributed by atoms with Gasteiger partial charge < -0.3 is 5.73 Å². The van der Waals surface area contributed by atoms with E-state index in [0.717, 1.165) is 18.4 Å². The Hall–Kier alpha value is -0.670. The Morgan fingerprint density at radius 2 is 1.71 bits per heavy atom. The van der Waals surface area contributed by atoms with Crippen LogP contribution in [0.1, 0.15) is 70.0 Å². The number of hydrogen-bond donors (Lipinski definition) is 1. The van der Waals surface area contributed by atoms with Crippen LogP contribution in [0.5, 0.6) is 0 Å². The normalized spacial score (nSPS) is 20.2. The van der Waals surface area contributed by atoms with E-state index < -0.39 is 10.8 Å². The summed E-state index contributed by atoms with van der Waals surface area (Å²) < 4.78 is 12.4. The van der Waals surface area contributed by atoms with Crippen LogP contribution in [0.3, 0.4) is 0 Å². The minimum absolute atomic E-state index is 0.109. The van der Waals surface area contributed by atoms with E-state index in [4.69, 9.17) is 5.73 Å². The second kappa shape index (κ2) is 7.06. The SMILES string of the molecule is CC(C)(C)c1ccc(C(N)CS(=O)C2CCCCC2)cc1. The summed E-state index contributed by atoms with van der Waals surface area (Å²) in [5, 5.41) is 0.374. The van der Waals surface area contributed by atoms with Crippen LogP contribution in [0.25, 0.3) is 0 Å². The van der Waals surface area contributed by atoms with Gasteiger partial charge >= 0.3 is 0 Å². The molecule has 1 fully saturated rings. The quantitative estimate of drug-likeness (QED) is 0.911. The molecule has 1 aromatic carbocycles. The van der Waals surface area contributed by atoms with Crippen LogP contribution in [-0.4, -0.2) is 15.2 Å². The Labute approximate surface area is 132 Å². The summed E-state index contributed by atoms with van der Waals surface area (Å²) in [5.74, 6) is 0.597. The van der Waals surface area contributed by atoms with E-state index in [0.29, 0.717) is 11.0 Å². The summed E-state index contributed by atoms with van der Waals surface area (Å²) in [7, 11) is -0.784. The monoisotopic (exact) mass is 307 g/mol. The summed E-state index contributed by atoms with van der Waals surface area (Å²) in [4.78, 5) is 0. The summed E-state index contributed by atoms with van der Waals surface area (Å²) >= 11 is 0. The van der Waals surface area contributed by atoms with Crippen molar-refractivity contribution in [3.05, 3.63) is 35.4 Å². The van der Waals surface area contributed by atoms with Gasteiger partial charge in [0.25, 0.3) is 0 Å². The zero-order valence-electron chi connectivity index (χ0n) is 13.6. The molecular formula is C18H29NOS. The van der Waals surface area contributed by atoms with E-state index in [1.165, 1.54) is 24.8 Å². The molecule has 2 atom stereocenters. The van der Waals surface area contributed by atoms with E-state index >= 15 is 0 Å². The van der Waals surface area contributed by atoms with Gasteiger partial charge in [0.05, 0.1) is 0 Å². The molecule has 0 saturated heterocycles. The molecule has 0 radical (unpaired) electrons. The maximum absolute atomic E-state index is 12.4. The summed E-state index contributed by atoms with van der Waals surface area (Å²) in [5.41, 5.74) is 8.84. The molecule has 118 valence electrons. The Morgan fingerprint density at radius 3 is 2.24 bits per heavy atom. The maximum Gasteiger partial charge on any atom is 0.0431 e. The van der Waals surface area contributed by atoms with Crippen molar-refractivity contribution in [2.75, 3.05) is 5.75 Å². The van der Waals surface area contributed by atoms with Gasteiger partial charge in [0.2, 0.25) is 0 Å². The molecule has 1 aliphatic carbocycles. The lowest BCUT2D eigenvalue weighted by Crippen LogP contribution is -2.27. The molecule has 1 saturated carbocycles. The standard InChI is InChI=1S/C18H29NOS/c1-18(2,3)15-11-9-14(10-12-15)17(19)13-21(20)16-7-5-4-6-8-16/h9-12,16-17H,4-8,13,19H2,1-3H3. The van der Waals surface area contributed by atoms with Crippen molar-refractivity contribution in [1.29, 1.82) is 0 Å². The molecule has 1 aromatic rings. The predicted molar refractivity (Wildman–Crippen MR) is 92.0 cm³/mol. The van der Waals surface area contributed by atoms with Crippen LogP contribution in [0.4, 0.5) is 0 Å². The van der Waals surface area contributed by atoms with Crippen molar-refractivity contribution in [2.45, 2.75) is 69.6 Å². The molecule has 0 amide bonds. The molecule has 2 nitrogen and oxygen atoms in total. The highest BCUT2D eigenvalue weighted by Gasteiger charge is 2.22. The molecule has 2 unspecified atom stereocenters. The van der Waals surface area contributed by atoms with Crippen molar-refractivity contribution < 1.29 is 4.21 Å². The van der Waals surface area contributed by atoms with Gasteiger partial charge in [-0.3, -0.25) is 4.21 Å². The Bertz CT molecular complexity index is 469. The number of benzene rings is 1. The van der Waals surface area contributed by atoms with Crippen molar-refractivity contribution in [3.63, 3.8) is 0 Å². The van der Waals surface area contributed by atoms with Crippen LogP contribution >= 0.6 is 0 Å². The van der Waals surface area contributed by atoms with Crippen molar-refractivity contribution in [3.8, 4) is 0 Å². The fourth-order valence-electron chi connectivity index (χ4n) is 2.97. The first-order valence-electron chi connectivity index (χ1n) is 8.11. The van der Waals surface area contributed by atoms with Crippen LogP contribution in [0.15, 0.2) is 24.3 Å². The van der Waals surface area contributed by atoms with Crippen LogP contribution < -0.4 is 5.73 Å². The highest BCUT2D eigenvalue weighted by Crippen LogP contribution is 2.26. The topological polar surface area (TPSA) is 43.1 Å². The molecule has 0 aromatic heterocycles. The molecule has 0 spiro atoms. The lowest BCUT2D eigenvalue weighted by atomic mass is 9.86. The highest BCUT2D eigenvalue weighted by molar-refractivity contribution is 7.85. The van der Waals surface area contributed by atoms with Gasteiger partial charge in [0.1, 0.15) is 0 Å². The first kappa shape index (κ1) is 16.7. The van der Waals surface area contributed by atoms with Gasteiger partial charge in [0, 0.05) is 27.8 Å². The Balaban J connectivity index is 1.96. The molecule has 1 aliphatic rings. The highest BCUT2D eigenvalue weighted by atomic mass is 32.2. The lowest BCUT2D eigenvalue weighted by molar-refractivity contribution is 0.503. The largest absolute Gasteiger partial charge is 0.323 e. The average molecular weight is 308 g/mol. The van der Waals surface area contributed by atoms with Crippen molar-refractivity contribution in [1.82, 2.24) is 0 Å². The molecule has 2 rings (SSSR count). The van der Waals surface area contributed by atoms with Gasteiger partial charge in [-0.1, -0.05) is 64.3 Å². The third-order valence-electron chi connectivity index (χ3n) is 4.47. The molecule has 0 aliphatic heterocycles. The third-order valence-corrected chi connectivity index (χ3v) is 6.38. The first-order chi connectivity index (χ1) is 9.88. The Kier molecular flexibility index (Phi) is 5.61. The lowest BCUT2D eigenvalue weighted by Gasteiger charge is -2.23. The second-order valence-electron chi connectivity index (χ2n) is 7.29. The zero-order chi connectivity index (χ0) is 15.5. The number of rotatable bonds is 4. The minimum atomic E-state index is -0.784. The van der Waals surface area contributed by atoms with Crippen LogP contribution in [0.2, 0.25) is 0 Å². The van der Waals surface area contributed by atoms with Crippen molar-refractivity contribution >= 4 is 10.8 Å². The molecule has 0 bridgehead atoms. The van der Waals surface area contributed by atoms with Gasteiger partial charge in [-0.25, -0.2) is 0 Å². The Morgan fingerprint density at radius 1 is 1.14 bits per heavy atom. The van der Waals surface area contributed by atoms with E-state index in [1.807, 2.05) is 0 Å². The van der Waals surface area contributed by atoms with Crippen LogP contribution in [0, 0.1) is 0 Å². The summed E-state index contributed by atoms with van der Waals surface area (Å²) in [6.07, 6.45) is 5.98. The fourth-order valence-corrected chi connectivity index (χ4v) is 4.65. The predicted octanol–water partition coefficient (Wildman–Crippen LogP) is 4.07. The number of nitrogens with two attached hydrogens (primary N) is 1. The first-order valence-corrected chi connectivity index (χ1v) is 9.49. The van der Waals surface area contributed by atoms with Gasteiger partial charge in [-0.15, -0.1) is 0 Å². The molecule has 2 N–H and O–H groups in total. The van der Waals surface area contributed by atoms with Gasteiger partial charge in [0.15, 0.2) is 0 Å². The average Bonchev–Trinajstić information content (AvgIpc) is 2.47. The van der Waals surface area contributed by atoms with Gasteiger partial charge in [-0.2, -0.15) is 0 Å². The van der Waals surface area contributed by atoms with Gasteiger partial charge in [-0.05, 0) is 29.4 Å². The molecule has 0 heterocycles. The summed E-state index contributed by atoms with van der Waals surface area (Å²) in [6.45, 7) is 6.63. The maximum atomic E-state index is 12.4. The molecular weight excluding hydrogens is 278 g/mol. The zero-order valence-corrected chi connectivity index (χ0v) is 14.4. The van der Waals surface area contributed by atoms with Crippen molar-refractivity contribution in [2.24, 2.45) is 5.73 Å². The third kappa shape index (κ3) is 4.65. The fraction of sp³-hybridized carbons (Fsp3) is 0.667. The molecule has 3 heteroatoms. The smallest absolute Gasteiger partial charge is 0.0431 e. The minimum Gasteiger partial charge on any atom is -0.323 e. The number of hydrogen-bond acceptors (Lipinski definition) is 2.